The number of aromatic amines is 1. The Morgan fingerprint density at radius 1 is 0.882 bits per heavy atom. The molecule has 0 unspecified atom stereocenters. The van der Waals surface area contributed by atoms with Gasteiger partial charge in [-0.3, -0.25) is 4.79 Å². The maximum absolute atomic E-state index is 11.3. The van der Waals surface area contributed by atoms with E-state index in [0.717, 1.165) is 0 Å². The number of hydrogen-bond acceptors (Lipinski definition) is 1. The van der Waals surface area contributed by atoms with E-state index in [0.29, 0.717) is 26.2 Å². The van der Waals surface area contributed by atoms with E-state index in [2.05, 4.69) is 4.98 Å². The lowest BCUT2D eigenvalue weighted by Gasteiger charge is -2.07. The average Bonchev–Trinajstić information content (AvgIpc) is 2.13. The number of pyridine rings is 1. The van der Waals surface area contributed by atoms with E-state index in [9.17, 15) is 4.79 Å². The first kappa shape index (κ1) is 12.8. The van der Waals surface area contributed by atoms with E-state index in [1.54, 1.807) is 18.2 Å². The molecule has 2 nitrogen and oxygen atoms in total. The van der Waals surface area contributed by atoms with Crippen molar-refractivity contribution in [2.45, 2.75) is 0 Å². The molecule has 0 bridgehead atoms. The number of halogens is 4. The molecule has 0 fully saturated rings. The minimum absolute atomic E-state index is 0.217. The smallest absolute Gasteiger partial charge is 0.249 e. The van der Waals surface area contributed by atoms with Gasteiger partial charge in [-0.1, -0.05) is 46.4 Å². The molecule has 88 valence electrons. The number of H-pyrrole nitrogens is 1. The summed E-state index contributed by atoms with van der Waals surface area (Å²) in [6.07, 6.45) is 0. The highest BCUT2D eigenvalue weighted by Crippen LogP contribution is 2.37. The van der Waals surface area contributed by atoms with Gasteiger partial charge < -0.3 is 4.98 Å². The Labute approximate surface area is 117 Å². The predicted molar refractivity (Wildman–Crippen MR) is 72.5 cm³/mol. The van der Waals surface area contributed by atoms with Gasteiger partial charge in [-0.15, -0.1) is 0 Å². The monoisotopic (exact) mass is 307 g/mol. The predicted octanol–water partition coefficient (Wildman–Crippen LogP) is 4.66. The quantitative estimate of drug-likeness (QED) is 0.764. The molecule has 0 saturated carbocycles. The number of aromatic nitrogens is 1. The van der Waals surface area contributed by atoms with Crippen LogP contribution in [0.1, 0.15) is 0 Å². The summed E-state index contributed by atoms with van der Waals surface area (Å²) in [6, 6.07) is 6.05. The summed E-state index contributed by atoms with van der Waals surface area (Å²) in [5, 5.41) is 1.38. The number of nitrogens with one attached hydrogen (secondary N) is 1. The zero-order valence-electron chi connectivity index (χ0n) is 8.23. The first-order valence-corrected chi connectivity index (χ1v) is 6.03. The third-order valence-electron chi connectivity index (χ3n) is 2.11. The second-order valence-corrected chi connectivity index (χ2v) is 4.98. The van der Waals surface area contributed by atoms with E-state index in [-0.39, 0.29) is 10.7 Å². The summed E-state index contributed by atoms with van der Waals surface area (Å²) < 4.78 is 0. The van der Waals surface area contributed by atoms with E-state index >= 15 is 0 Å². The fraction of sp³-hybridized carbons (Fsp3) is 0. The van der Waals surface area contributed by atoms with Crippen LogP contribution in [0.4, 0.5) is 0 Å². The highest BCUT2D eigenvalue weighted by molar-refractivity contribution is 6.42. The summed E-state index contributed by atoms with van der Waals surface area (Å²) in [5.74, 6) is 0. The molecule has 0 atom stereocenters. The number of benzene rings is 1. The fourth-order valence-electron chi connectivity index (χ4n) is 1.47. The van der Waals surface area contributed by atoms with Gasteiger partial charge in [-0.25, -0.2) is 0 Å². The molecular formula is C11H5Cl4NO. The summed E-state index contributed by atoms with van der Waals surface area (Å²) in [7, 11) is 0. The summed E-state index contributed by atoms with van der Waals surface area (Å²) in [5.41, 5.74) is 0.755. The Morgan fingerprint density at radius 3 is 2.00 bits per heavy atom. The molecule has 2 aromatic rings. The van der Waals surface area contributed by atoms with Gasteiger partial charge in [0.2, 0.25) is 5.56 Å². The number of rotatable bonds is 1. The summed E-state index contributed by atoms with van der Waals surface area (Å²) in [4.78, 5) is 13.7. The molecule has 0 saturated heterocycles. The largest absolute Gasteiger partial charge is 0.313 e. The SMILES string of the molecule is O=c1cc(-c2c(Cl)cc(Cl)cc2Cl)cc(Cl)[nH]1. The molecule has 0 aliphatic rings. The second kappa shape index (κ2) is 4.91. The van der Waals surface area contributed by atoms with Gasteiger partial charge in [-0.05, 0) is 23.8 Å². The first-order chi connectivity index (χ1) is 7.97. The van der Waals surface area contributed by atoms with Crippen LogP contribution in [0.15, 0.2) is 29.1 Å². The van der Waals surface area contributed by atoms with Gasteiger partial charge >= 0.3 is 0 Å². The Hall–Kier alpha value is -0.670. The van der Waals surface area contributed by atoms with Crippen molar-refractivity contribution in [3.8, 4) is 11.1 Å². The average molecular weight is 309 g/mol. The molecule has 0 radical (unpaired) electrons. The molecule has 2 rings (SSSR count). The van der Waals surface area contributed by atoms with Gasteiger partial charge in [-0.2, -0.15) is 0 Å². The topological polar surface area (TPSA) is 32.9 Å². The molecule has 0 aliphatic carbocycles. The summed E-state index contributed by atoms with van der Waals surface area (Å²) >= 11 is 23.7. The highest BCUT2D eigenvalue weighted by Gasteiger charge is 2.11. The minimum atomic E-state index is -0.324. The van der Waals surface area contributed by atoms with Crippen LogP contribution in [0.25, 0.3) is 11.1 Å². The van der Waals surface area contributed by atoms with Crippen LogP contribution in [0, 0.1) is 0 Å². The molecule has 17 heavy (non-hydrogen) atoms. The lowest BCUT2D eigenvalue weighted by molar-refractivity contribution is 1.24. The third kappa shape index (κ3) is 2.78. The lowest BCUT2D eigenvalue weighted by atomic mass is 10.1. The standard InChI is InChI=1S/C11H5Cl4NO/c12-6-3-7(13)11(8(14)4-6)5-1-9(15)16-10(17)2-5/h1-4H,(H,16,17). The van der Waals surface area contributed by atoms with E-state index in [1.165, 1.54) is 6.07 Å². The highest BCUT2D eigenvalue weighted by atomic mass is 35.5. The molecule has 0 amide bonds. The van der Waals surface area contributed by atoms with Crippen molar-refractivity contribution < 1.29 is 0 Å². The molecule has 1 aromatic heterocycles. The van der Waals surface area contributed by atoms with Crippen LogP contribution >= 0.6 is 46.4 Å². The lowest BCUT2D eigenvalue weighted by Crippen LogP contribution is -2.04. The van der Waals surface area contributed by atoms with Crippen LogP contribution < -0.4 is 5.56 Å². The van der Waals surface area contributed by atoms with Crippen molar-refractivity contribution in [3.63, 3.8) is 0 Å². The van der Waals surface area contributed by atoms with Crippen molar-refractivity contribution in [3.05, 3.63) is 54.8 Å². The third-order valence-corrected chi connectivity index (χ3v) is 3.12. The fourth-order valence-corrected chi connectivity index (χ4v) is 2.72. The summed E-state index contributed by atoms with van der Waals surface area (Å²) in [6.45, 7) is 0. The van der Waals surface area contributed by atoms with Crippen molar-refractivity contribution >= 4 is 46.4 Å². The number of hydrogen-bond donors (Lipinski definition) is 1. The van der Waals surface area contributed by atoms with Crippen LogP contribution in [-0.2, 0) is 0 Å². The Bertz CT molecular complexity index is 613. The zero-order valence-corrected chi connectivity index (χ0v) is 11.3. The molecule has 1 aromatic carbocycles. The van der Waals surface area contributed by atoms with Crippen LogP contribution in [0.5, 0.6) is 0 Å². The Morgan fingerprint density at radius 2 is 1.47 bits per heavy atom. The molecule has 6 heteroatoms. The van der Waals surface area contributed by atoms with Gasteiger partial charge in [0.05, 0.1) is 10.0 Å². The second-order valence-electron chi connectivity index (χ2n) is 3.33. The molecule has 1 heterocycles. The maximum atomic E-state index is 11.3. The van der Waals surface area contributed by atoms with Crippen LogP contribution in [0.3, 0.4) is 0 Å². The minimum Gasteiger partial charge on any atom is -0.313 e. The Balaban J connectivity index is 2.72. The first-order valence-electron chi connectivity index (χ1n) is 4.52. The molecule has 1 N–H and O–H groups in total. The van der Waals surface area contributed by atoms with Gasteiger partial charge in [0.15, 0.2) is 0 Å². The van der Waals surface area contributed by atoms with Gasteiger partial charge in [0.1, 0.15) is 5.15 Å². The van der Waals surface area contributed by atoms with Crippen LogP contribution in [0.2, 0.25) is 20.2 Å². The molecule has 0 aliphatic heterocycles. The van der Waals surface area contributed by atoms with Crippen LogP contribution in [-0.4, -0.2) is 4.98 Å². The molecular weight excluding hydrogens is 304 g/mol. The van der Waals surface area contributed by atoms with Crippen molar-refractivity contribution in [2.75, 3.05) is 0 Å². The van der Waals surface area contributed by atoms with Crippen molar-refractivity contribution in [1.82, 2.24) is 4.98 Å². The zero-order chi connectivity index (χ0) is 12.6. The van der Waals surface area contributed by atoms with Crippen molar-refractivity contribution in [2.24, 2.45) is 0 Å². The maximum Gasteiger partial charge on any atom is 0.249 e. The Kier molecular flexibility index (Phi) is 3.69. The van der Waals surface area contributed by atoms with E-state index in [1.807, 2.05) is 0 Å². The normalized spacial score (nSPS) is 10.6. The van der Waals surface area contributed by atoms with E-state index < -0.39 is 0 Å². The van der Waals surface area contributed by atoms with Gasteiger partial charge in [0.25, 0.3) is 0 Å². The van der Waals surface area contributed by atoms with Gasteiger partial charge in [0, 0.05) is 16.7 Å². The molecule has 0 spiro atoms. The van der Waals surface area contributed by atoms with E-state index in [4.69, 9.17) is 46.4 Å². The van der Waals surface area contributed by atoms with Crippen molar-refractivity contribution in [1.29, 1.82) is 0 Å².